The Labute approximate surface area is 120 Å². The van der Waals surface area contributed by atoms with Crippen LogP contribution in [-0.2, 0) is 6.54 Å². The van der Waals surface area contributed by atoms with E-state index < -0.39 is 0 Å². The summed E-state index contributed by atoms with van der Waals surface area (Å²) in [6.07, 6.45) is 0. The van der Waals surface area contributed by atoms with Crippen LogP contribution >= 0.6 is 39.0 Å². The van der Waals surface area contributed by atoms with Crippen molar-refractivity contribution in [3.8, 4) is 0 Å². The molecule has 2 aromatic heterocycles. The fourth-order valence-electron chi connectivity index (χ4n) is 1.38. The number of thioether (sulfide) groups is 1. The van der Waals surface area contributed by atoms with E-state index in [0.29, 0.717) is 16.6 Å². The molecule has 2 rings (SSSR count). The number of aromatic amines is 1. The number of halogens is 1. The Balaban J connectivity index is 2.06. The van der Waals surface area contributed by atoms with Crippen molar-refractivity contribution in [3.63, 3.8) is 0 Å². The van der Waals surface area contributed by atoms with Crippen molar-refractivity contribution in [1.82, 2.24) is 14.8 Å². The van der Waals surface area contributed by atoms with Gasteiger partial charge in [0, 0.05) is 11.0 Å². The Morgan fingerprint density at radius 3 is 3.06 bits per heavy atom. The van der Waals surface area contributed by atoms with Crippen LogP contribution in [0.25, 0.3) is 0 Å². The van der Waals surface area contributed by atoms with Crippen LogP contribution in [0.15, 0.2) is 25.9 Å². The van der Waals surface area contributed by atoms with Crippen LogP contribution in [-0.4, -0.2) is 26.3 Å². The van der Waals surface area contributed by atoms with Gasteiger partial charge in [-0.1, -0.05) is 11.8 Å². The van der Waals surface area contributed by atoms with Crippen molar-refractivity contribution in [1.29, 1.82) is 0 Å². The third-order valence-electron chi connectivity index (χ3n) is 2.24. The SMILES string of the molecule is CCn1c(SCC(=O)c2sccc2Br)n[nH]c1=O. The number of Topliss-reactive ketones (excluding diaryl/α,β-unsaturated/α-hetero) is 1. The van der Waals surface area contributed by atoms with E-state index in [2.05, 4.69) is 26.1 Å². The molecule has 0 aliphatic carbocycles. The molecule has 0 radical (unpaired) electrons. The number of hydrogen-bond donors (Lipinski definition) is 1. The summed E-state index contributed by atoms with van der Waals surface area (Å²) in [6, 6.07) is 1.85. The molecule has 2 heterocycles. The Morgan fingerprint density at radius 1 is 1.67 bits per heavy atom. The molecule has 5 nitrogen and oxygen atoms in total. The van der Waals surface area contributed by atoms with Gasteiger partial charge in [0.25, 0.3) is 0 Å². The first-order chi connectivity index (χ1) is 8.63. The van der Waals surface area contributed by atoms with E-state index in [1.54, 1.807) is 0 Å². The maximum Gasteiger partial charge on any atom is 0.343 e. The molecule has 0 amide bonds. The number of carbonyl (C=O) groups is 1. The second-order valence-electron chi connectivity index (χ2n) is 3.37. The van der Waals surface area contributed by atoms with Crippen LogP contribution < -0.4 is 5.69 Å². The monoisotopic (exact) mass is 347 g/mol. The lowest BCUT2D eigenvalue weighted by atomic mass is 10.3. The molecule has 2 aromatic rings. The van der Waals surface area contributed by atoms with Gasteiger partial charge in [-0.2, -0.15) is 0 Å². The maximum atomic E-state index is 11.9. The first-order valence-corrected chi connectivity index (χ1v) is 7.83. The van der Waals surface area contributed by atoms with Gasteiger partial charge in [-0.15, -0.1) is 16.4 Å². The van der Waals surface area contributed by atoms with E-state index in [-0.39, 0.29) is 17.2 Å². The summed E-state index contributed by atoms with van der Waals surface area (Å²) in [6.45, 7) is 2.40. The number of nitrogens with zero attached hydrogens (tertiary/aromatic N) is 2. The third-order valence-corrected chi connectivity index (χ3v) is 5.10. The molecule has 1 N–H and O–H groups in total. The fourth-order valence-corrected chi connectivity index (χ4v) is 3.89. The highest BCUT2D eigenvalue weighted by atomic mass is 79.9. The molecule has 0 saturated carbocycles. The molecule has 0 saturated heterocycles. The minimum atomic E-state index is -0.246. The molecule has 0 unspecified atom stereocenters. The van der Waals surface area contributed by atoms with E-state index in [1.165, 1.54) is 27.7 Å². The van der Waals surface area contributed by atoms with Gasteiger partial charge in [-0.25, -0.2) is 9.89 Å². The first kappa shape index (κ1) is 13.6. The largest absolute Gasteiger partial charge is 0.343 e. The summed E-state index contributed by atoms with van der Waals surface area (Å²) in [7, 11) is 0. The second-order valence-corrected chi connectivity index (χ2v) is 6.08. The van der Waals surface area contributed by atoms with Crippen LogP contribution in [0.1, 0.15) is 16.6 Å². The number of aromatic nitrogens is 3. The van der Waals surface area contributed by atoms with Crippen molar-refractivity contribution in [2.75, 3.05) is 5.75 Å². The minimum absolute atomic E-state index is 0.0278. The number of carbonyl (C=O) groups excluding carboxylic acids is 1. The Hall–Kier alpha value is -0.860. The highest BCUT2D eigenvalue weighted by molar-refractivity contribution is 9.10. The predicted octanol–water partition coefficient (Wildman–Crippen LogP) is 2.39. The van der Waals surface area contributed by atoms with Crippen LogP contribution in [0.4, 0.5) is 0 Å². The zero-order chi connectivity index (χ0) is 13.1. The number of hydrogen-bond acceptors (Lipinski definition) is 5. The van der Waals surface area contributed by atoms with Crippen molar-refractivity contribution < 1.29 is 4.79 Å². The van der Waals surface area contributed by atoms with Crippen LogP contribution in [0.5, 0.6) is 0 Å². The quantitative estimate of drug-likeness (QED) is 0.666. The van der Waals surface area contributed by atoms with E-state index in [1.807, 2.05) is 18.4 Å². The van der Waals surface area contributed by atoms with Crippen molar-refractivity contribution >= 4 is 44.8 Å². The van der Waals surface area contributed by atoms with Gasteiger partial charge in [0.2, 0.25) is 0 Å². The number of ketones is 1. The molecule has 96 valence electrons. The number of H-pyrrole nitrogens is 1. The molecule has 0 bridgehead atoms. The van der Waals surface area contributed by atoms with E-state index >= 15 is 0 Å². The Kier molecular flexibility index (Phi) is 4.41. The summed E-state index contributed by atoms with van der Waals surface area (Å²) in [5, 5.41) is 8.67. The highest BCUT2D eigenvalue weighted by Gasteiger charge is 2.14. The van der Waals surface area contributed by atoms with Gasteiger partial charge in [0.05, 0.1) is 10.6 Å². The second kappa shape index (κ2) is 5.85. The summed E-state index contributed by atoms with van der Waals surface area (Å²) in [5.74, 6) is 0.295. The van der Waals surface area contributed by atoms with Gasteiger partial charge in [-0.05, 0) is 34.3 Å². The topological polar surface area (TPSA) is 67.8 Å². The highest BCUT2D eigenvalue weighted by Crippen LogP contribution is 2.25. The maximum absolute atomic E-state index is 11.9. The summed E-state index contributed by atoms with van der Waals surface area (Å²) in [4.78, 5) is 24.0. The summed E-state index contributed by atoms with van der Waals surface area (Å²) >= 11 is 5.99. The molecule has 8 heteroatoms. The first-order valence-electron chi connectivity index (χ1n) is 5.17. The molecule has 0 fully saturated rings. The fraction of sp³-hybridized carbons (Fsp3) is 0.300. The lowest BCUT2D eigenvalue weighted by molar-refractivity contribution is 0.102. The number of rotatable bonds is 5. The third kappa shape index (κ3) is 2.76. The molecule has 0 spiro atoms. The van der Waals surface area contributed by atoms with Crippen molar-refractivity contribution in [2.24, 2.45) is 0 Å². The van der Waals surface area contributed by atoms with E-state index in [4.69, 9.17) is 0 Å². The molecular formula is C10H10BrN3O2S2. The van der Waals surface area contributed by atoms with Crippen LogP contribution in [0.2, 0.25) is 0 Å². The zero-order valence-corrected chi connectivity index (χ0v) is 12.7. The van der Waals surface area contributed by atoms with Gasteiger partial charge in [0.15, 0.2) is 10.9 Å². The van der Waals surface area contributed by atoms with E-state index in [9.17, 15) is 9.59 Å². The zero-order valence-electron chi connectivity index (χ0n) is 9.47. The van der Waals surface area contributed by atoms with Crippen molar-refractivity contribution in [3.05, 3.63) is 31.3 Å². The van der Waals surface area contributed by atoms with Gasteiger partial charge in [-0.3, -0.25) is 9.36 Å². The van der Waals surface area contributed by atoms with Crippen LogP contribution in [0, 0.1) is 0 Å². The average molecular weight is 348 g/mol. The molecule has 0 aromatic carbocycles. The number of thiophene rings is 1. The standard InChI is InChI=1S/C10H10BrN3O2S2/c1-2-14-9(16)12-13-10(14)18-5-7(15)8-6(11)3-4-17-8/h3-4H,2,5H2,1H3,(H,12,16). The van der Waals surface area contributed by atoms with Gasteiger partial charge in [0.1, 0.15) is 0 Å². The summed E-state index contributed by atoms with van der Waals surface area (Å²) < 4.78 is 2.31. The minimum Gasteiger partial charge on any atom is -0.292 e. The Bertz CT molecular complexity index is 617. The molecule has 0 atom stereocenters. The van der Waals surface area contributed by atoms with Gasteiger partial charge < -0.3 is 0 Å². The van der Waals surface area contributed by atoms with Gasteiger partial charge >= 0.3 is 5.69 Å². The Morgan fingerprint density at radius 2 is 2.44 bits per heavy atom. The molecule has 18 heavy (non-hydrogen) atoms. The lowest BCUT2D eigenvalue weighted by Crippen LogP contribution is -2.16. The average Bonchev–Trinajstić information content (AvgIpc) is 2.92. The number of nitrogens with one attached hydrogen (secondary N) is 1. The molecular weight excluding hydrogens is 338 g/mol. The molecule has 0 aliphatic heterocycles. The normalized spacial score (nSPS) is 10.8. The van der Waals surface area contributed by atoms with Crippen LogP contribution in [0.3, 0.4) is 0 Å². The predicted molar refractivity (Wildman–Crippen MR) is 75.6 cm³/mol. The smallest absolute Gasteiger partial charge is 0.292 e. The molecule has 0 aliphatic rings. The van der Waals surface area contributed by atoms with Crippen molar-refractivity contribution in [2.45, 2.75) is 18.6 Å². The van der Waals surface area contributed by atoms with E-state index in [0.717, 1.165) is 4.47 Å². The lowest BCUT2D eigenvalue weighted by Gasteiger charge is -2.01. The summed E-state index contributed by atoms with van der Waals surface area (Å²) in [5.41, 5.74) is -0.246.